The largest absolute Gasteiger partial charge is 0.290 e. The molecule has 33 heavy (non-hydrogen) atoms. The van der Waals surface area contributed by atoms with E-state index in [9.17, 15) is 13.2 Å². The molecule has 0 amide bonds. The second-order valence-corrected chi connectivity index (χ2v) is 9.63. The van der Waals surface area contributed by atoms with Crippen LogP contribution in [0.3, 0.4) is 0 Å². The average Bonchev–Trinajstić information content (AvgIpc) is 2.86. The quantitative estimate of drug-likeness (QED) is 0.243. The smallest absolute Gasteiger partial charge is 0.273 e. The van der Waals surface area contributed by atoms with Crippen LogP contribution in [-0.2, 0) is 14.7 Å². The Hall–Kier alpha value is -3.90. The molecule has 0 aromatic heterocycles. The van der Waals surface area contributed by atoms with Crippen LogP contribution in [-0.4, -0.2) is 14.2 Å². The molecule has 164 valence electrons. The van der Waals surface area contributed by atoms with Crippen molar-refractivity contribution in [3.8, 4) is 0 Å². The van der Waals surface area contributed by atoms with Gasteiger partial charge in [0.05, 0.1) is 10.6 Å². The molecule has 0 bridgehead atoms. The third-order valence-electron chi connectivity index (χ3n) is 5.29. The lowest BCUT2D eigenvalue weighted by Crippen LogP contribution is -2.42. The number of ketones is 1. The van der Waals surface area contributed by atoms with Gasteiger partial charge in [-0.15, -0.1) is 0 Å². The predicted molar refractivity (Wildman–Crippen MR) is 128 cm³/mol. The molecule has 0 saturated heterocycles. The maximum Gasteiger partial charge on any atom is 0.273 e. The van der Waals surface area contributed by atoms with Crippen LogP contribution < -0.4 is 0 Å². The Balaban J connectivity index is 2.04. The van der Waals surface area contributed by atoms with Crippen LogP contribution in [0.2, 0.25) is 0 Å². The zero-order valence-corrected chi connectivity index (χ0v) is 18.8. The molecule has 4 aromatic carbocycles. The highest BCUT2D eigenvalue weighted by atomic mass is 32.2. The summed E-state index contributed by atoms with van der Waals surface area (Å²) in [7, 11) is -4.36. The van der Waals surface area contributed by atoms with Crippen molar-refractivity contribution >= 4 is 21.3 Å². The molecular weight excluding hydrogens is 432 g/mol. The van der Waals surface area contributed by atoms with Crippen molar-refractivity contribution in [2.45, 2.75) is 16.7 Å². The Labute approximate surface area is 193 Å². The van der Waals surface area contributed by atoms with E-state index in [1.807, 2.05) is 13.0 Å². The average molecular weight is 455 g/mol. The van der Waals surface area contributed by atoms with Crippen LogP contribution in [0.25, 0.3) is 0 Å². The lowest BCUT2D eigenvalue weighted by molar-refractivity contribution is 0.0936. The summed E-state index contributed by atoms with van der Waals surface area (Å²) in [5.41, 5.74) is 1.79. The maximum atomic E-state index is 14.2. The van der Waals surface area contributed by atoms with Crippen molar-refractivity contribution in [1.82, 2.24) is 0 Å². The molecule has 6 heteroatoms. The zero-order valence-electron chi connectivity index (χ0n) is 18.0. The number of benzene rings is 4. The second kappa shape index (κ2) is 9.30. The summed E-state index contributed by atoms with van der Waals surface area (Å²) in [6, 6.07) is 31.8. The first kappa shape index (κ1) is 22.3. The number of carbonyl (C=O) groups excluding carboxylic acids is 1. The molecule has 0 spiro atoms. The fourth-order valence-corrected chi connectivity index (χ4v) is 5.32. The van der Waals surface area contributed by atoms with Gasteiger partial charge in [0.25, 0.3) is 4.87 Å². The molecule has 0 heterocycles. The van der Waals surface area contributed by atoms with Crippen molar-refractivity contribution in [2.24, 2.45) is 10.2 Å². The highest BCUT2D eigenvalue weighted by Gasteiger charge is 2.54. The topological polar surface area (TPSA) is 75.9 Å². The molecule has 0 N–H and O–H groups in total. The highest BCUT2D eigenvalue weighted by molar-refractivity contribution is 7.93. The van der Waals surface area contributed by atoms with Gasteiger partial charge in [0, 0.05) is 11.1 Å². The number of azo groups is 1. The number of Topliss-reactive ketones (excluding diaryl/α,β-unsaturated/α-hetero) is 1. The number of sulfone groups is 1. The van der Waals surface area contributed by atoms with E-state index in [0.717, 1.165) is 5.56 Å². The minimum atomic E-state index is -4.36. The summed E-state index contributed by atoms with van der Waals surface area (Å²) in [6.45, 7) is 1.87. The SMILES string of the molecule is Cc1ccc(S(=O)(=O)[C@](N=Nc2ccccc2)(C(=O)c2ccccc2)c2ccccc2)cc1. The van der Waals surface area contributed by atoms with Gasteiger partial charge in [-0.2, -0.15) is 10.2 Å². The van der Waals surface area contributed by atoms with Gasteiger partial charge in [0.15, 0.2) is 0 Å². The zero-order chi connectivity index (χ0) is 23.3. The fraction of sp³-hybridized carbons (Fsp3) is 0.0741. The van der Waals surface area contributed by atoms with Crippen LogP contribution >= 0.6 is 0 Å². The van der Waals surface area contributed by atoms with Gasteiger partial charge >= 0.3 is 0 Å². The van der Waals surface area contributed by atoms with Gasteiger partial charge in [-0.25, -0.2) is 8.42 Å². The van der Waals surface area contributed by atoms with E-state index in [0.29, 0.717) is 5.69 Å². The fourth-order valence-electron chi connectivity index (χ4n) is 3.53. The second-order valence-electron chi connectivity index (χ2n) is 7.56. The van der Waals surface area contributed by atoms with E-state index in [-0.39, 0.29) is 16.0 Å². The number of hydrogen-bond donors (Lipinski definition) is 0. The van der Waals surface area contributed by atoms with E-state index >= 15 is 0 Å². The van der Waals surface area contributed by atoms with E-state index in [1.54, 1.807) is 97.1 Å². The number of aryl methyl sites for hydroxylation is 1. The molecule has 4 aromatic rings. The van der Waals surface area contributed by atoms with Gasteiger partial charge in [-0.1, -0.05) is 96.6 Å². The summed E-state index contributed by atoms with van der Waals surface area (Å²) < 4.78 is 28.5. The summed E-state index contributed by atoms with van der Waals surface area (Å²) in [4.78, 5) is 11.7. The molecule has 0 aliphatic heterocycles. The van der Waals surface area contributed by atoms with E-state index < -0.39 is 20.5 Å². The molecule has 0 radical (unpaired) electrons. The first-order valence-electron chi connectivity index (χ1n) is 10.4. The Bertz CT molecular complexity index is 1370. The molecule has 0 aliphatic carbocycles. The van der Waals surface area contributed by atoms with Crippen molar-refractivity contribution in [3.05, 3.63) is 132 Å². The molecule has 0 aliphatic rings. The molecule has 5 nitrogen and oxygen atoms in total. The van der Waals surface area contributed by atoms with Crippen LogP contribution in [0, 0.1) is 6.92 Å². The first-order chi connectivity index (χ1) is 15.9. The Morgan fingerprint density at radius 1 is 0.697 bits per heavy atom. The molecule has 0 fully saturated rings. The van der Waals surface area contributed by atoms with Crippen molar-refractivity contribution in [2.75, 3.05) is 0 Å². The normalized spacial score (nSPS) is 13.5. The number of hydrogen-bond acceptors (Lipinski definition) is 5. The van der Waals surface area contributed by atoms with Crippen LogP contribution in [0.15, 0.2) is 130 Å². The lowest BCUT2D eigenvalue weighted by Gasteiger charge is -2.28. The molecule has 1 atom stereocenters. The monoisotopic (exact) mass is 454 g/mol. The van der Waals surface area contributed by atoms with Crippen molar-refractivity contribution < 1.29 is 13.2 Å². The standard InChI is InChI=1S/C27H22N2O3S/c1-21-17-19-25(20-18-21)33(31,32)27(23-13-7-3-8-14-23,26(30)22-11-5-2-6-12-22)29-28-24-15-9-4-10-16-24/h2-20H,1H3/t27-/m0/s1. The van der Waals surface area contributed by atoms with Gasteiger partial charge in [0.1, 0.15) is 0 Å². The first-order valence-corrected chi connectivity index (χ1v) is 11.9. The van der Waals surface area contributed by atoms with E-state index in [1.165, 1.54) is 12.1 Å². The summed E-state index contributed by atoms with van der Waals surface area (Å²) in [5.74, 6) is -0.672. The molecule has 0 unspecified atom stereocenters. The lowest BCUT2D eigenvalue weighted by atomic mass is 9.97. The minimum absolute atomic E-state index is 0.00625. The van der Waals surface area contributed by atoms with Gasteiger partial charge in [0.2, 0.25) is 15.6 Å². The Morgan fingerprint density at radius 2 is 1.21 bits per heavy atom. The van der Waals surface area contributed by atoms with Crippen LogP contribution in [0.5, 0.6) is 0 Å². The van der Waals surface area contributed by atoms with Gasteiger partial charge in [-0.05, 0) is 31.2 Å². The van der Waals surface area contributed by atoms with Gasteiger partial charge < -0.3 is 0 Å². The molecule has 4 rings (SSSR count). The number of nitrogens with zero attached hydrogens (tertiary/aromatic N) is 2. The molecular formula is C27H22N2O3S. The third kappa shape index (κ3) is 4.25. The van der Waals surface area contributed by atoms with E-state index in [4.69, 9.17) is 0 Å². The summed E-state index contributed by atoms with van der Waals surface area (Å²) in [6.07, 6.45) is 0. The van der Waals surface area contributed by atoms with Crippen LogP contribution in [0.1, 0.15) is 21.5 Å². The summed E-state index contributed by atoms with van der Waals surface area (Å²) >= 11 is 0. The molecule has 0 saturated carbocycles. The highest BCUT2D eigenvalue weighted by Crippen LogP contribution is 2.41. The predicted octanol–water partition coefficient (Wildman–Crippen LogP) is 6.29. The van der Waals surface area contributed by atoms with Crippen molar-refractivity contribution in [3.63, 3.8) is 0 Å². The third-order valence-corrected chi connectivity index (χ3v) is 7.46. The minimum Gasteiger partial charge on any atom is -0.290 e. The van der Waals surface area contributed by atoms with Crippen molar-refractivity contribution in [1.29, 1.82) is 0 Å². The Kier molecular flexibility index (Phi) is 6.29. The summed E-state index contributed by atoms with van der Waals surface area (Å²) in [5, 5.41) is 8.57. The van der Waals surface area contributed by atoms with Crippen LogP contribution in [0.4, 0.5) is 5.69 Å². The van der Waals surface area contributed by atoms with E-state index in [2.05, 4.69) is 10.2 Å². The number of carbonyl (C=O) groups is 1. The van der Waals surface area contributed by atoms with Gasteiger partial charge in [-0.3, -0.25) is 4.79 Å². The maximum absolute atomic E-state index is 14.2. The number of rotatable bonds is 7. The Morgan fingerprint density at radius 3 is 1.79 bits per heavy atom.